The highest BCUT2D eigenvalue weighted by Gasteiger charge is 2.58. The van der Waals surface area contributed by atoms with Crippen LogP contribution in [0.4, 0.5) is 0 Å². The van der Waals surface area contributed by atoms with Crippen molar-refractivity contribution in [3.63, 3.8) is 0 Å². The lowest BCUT2D eigenvalue weighted by Crippen LogP contribution is -2.67. The third-order valence-electron chi connectivity index (χ3n) is 3.73. The lowest BCUT2D eigenvalue weighted by molar-refractivity contribution is -0.403. The summed E-state index contributed by atoms with van der Waals surface area (Å²) in [5.41, 5.74) is 0. The second kappa shape index (κ2) is 11.4. The highest BCUT2D eigenvalue weighted by atomic mass is 31.2. The third-order valence-corrected chi connectivity index (χ3v) is 4.77. The van der Waals surface area contributed by atoms with E-state index < -0.39 is 52.3 Å². The van der Waals surface area contributed by atoms with Crippen LogP contribution in [0.3, 0.4) is 0 Å². The Kier molecular flexibility index (Phi) is 10.6. The van der Waals surface area contributed by atoms with Gasteiger partial charge >= 0.3 is 15.6 Å². The molecule has 1 aliphatic carbocycles. The maximum absolute atomic E-state index is 11.5. The van der Waals surface area contributed by atoms with Gasteiger partial charge < -0.3 is 29.0 Å². The number of phosphoric acid groups is 2. The highest BCUT2D eigenvalue weighted by Crippen LogP contribution is 2.47. The van der Waals surface area contributed by atoms with Crippen LogP contribution >= 0.6 is 15.6 Å². The van der Waals surface area contributed by atoms with E-state index in [-0.39, 0.29) is 13.2 Å². The van der Waals surface area contributed by atoms with Gasteiger partial charge in [0, 0.05) is 13.2 Å². The molecule has 1 saturated carbocycles. The Balaban J connectivity index is 3.43. The molecule has 0 aromatic heterocycles. The van der Waals surface area contributed by atoms with Gasteiger partial charge in [-0.25, -0.2) is 18.9 Å². The molecule has 0 amide bonds. The Morgan fingerprint density at radius 2 is 0.964 bits per heavy atom. The van der Waals surface area contributed by atoms with Crippen LogP contribution < -0.4 is 0 Å². The Morgan fingerprint density at radius 3 is 1.29 bits per heavy atom. The zero-order valence-electron chi connectivity index (χ0n) is 15.1. The van der Waals surface area contributed by atoms with Gasteiger partial charge in [-0.3, -0.25) is 19.6 Å². The quantitative estimate of drug-likeness (QED) is 0.132. The van der Waals surface area contributed by atoms with Gasteiger partial charge in [-0.1, -0.05) is 13.8 Å². The standard InChI is InChI=1S/C12H26O14P2/c1-3-5-21-7-9(23-13)10(24-14)12(26-28(18,19)20)8(22-6-4-2)11(7)25-27(15,16)17/h7-14H,3-6H2,1-2H3,(H2,15,16,17)(H2,18,19,20)/t7-,8?,9?,10+,11-,12?/m0/s1. The minimum atomic E-state index is -5.21. The molecule has 28 heavy (non-hydrogen) atoms. The van der Waals surface area contributed by atoms with Gasteiger partial charge in [0.2, 0.25) is 0 Å². The number of hydrogen-bond donors (Lipinski definition) is 6. The Hall–Kier alpha value is -0.0200. The van der Waals surface area contributed by atoms with Crippen molar-refractivity contribution in [2.45, 2.75) is 63.3 Å². The molecule has 0 aromatic rings. The molecule has 1 aliphatic rings. The lowest BCUT2D eigenvalue weighted by Gasteiger charge is -2.47. The van der Waals surface area contributed by atoms with Crippen LogP contribution in [0.1, 0.15) is 26.7 Å². The van der Waals surface area contributed by atoms with Gasteiger partial charge in [-0.2, -0.15) is 0 Å². The predicted molar refractivity (Wildman–Crippen MR) is 88.9 cm³/mol. The van der Waals surface area contributed by atoms with Gasteiger partial charge in [0.25, 0.3) is 0 Å². The maximum Gasteiger partial charge on any atom is 0.470 e. The van der Waals surface area contributed by atoms with Crippen molar-refractivity contribution >= 4 is 15.6 Å². The molecule has 0 aromatic carbocycles. The predicted octanol–water partition coefficient (Wildman–Crippen LogP) is 0.263. The van der Waals surface area contributed by atoms with E-state index in [1.54, 1.807) is 13.8 Å². The molecular formula is C12H26O14P2. The average Bonchev–Trinajstić information content (AvgIpc) is 2.57. The molecule has 1 fully saturated rings. The van der Waals surface area contributed by atoms with Gasteiger partial charge in [-0.15, -0.1) is 0 Å². The highest BCUT2D eigenvalue weighted by molar-refractivity contribution is 7.46. The minimum Gasteiger partial charge on any atom is -0.373 e. The smallest absolute Gasteiger partial charge is 0.373 e. The lowest BCUT2D eigenvalue weighted by atomic mass is 9.84. The molecule has 0 heterocycles. The monoisotopic (exact) mass is 456 g/mol. The van der Waals surface area contributed by atoms with Crippen molar-refractivity contribution in [2.75, 3.05) is 13.2 Å². The first-order chi connectivity index (χ1) is 13.0. The van der Waals surface area contributed by atoms with Crippen LogP contribution in [0.15, 0.2) is 0 Å². The average molecular weight is 456 g/mol. The molecule has 0 aliphatic heterocycles. The van der Waals surface area contributed by atoms with E-state index in [1.807, 2.05) is 0 Å². The summed E-state index contributed by atoms with van der Waals surface area (Å²) >= 11 is 0. The van der Waals surface area contributed by atoms with Gasteiger partial charge in [-0.05, 0) is 12.8 Å². The number of phosphoric ester groups is 2. The summed E-state index contributed by atoms with van der Waals surface area (Å²) in [6.45, 7) is 3.41. The maximum atomic E-state index is 11.5. The summed E-state index contributed by atoms with van der Waals surface area (Å²) < 4.78 is 43.0. The topological polar surface area (TPSA) is 211 Å². The summed E-state index contributed by atoms with van der Waals surface area (Å²) in [5.74, 6) is 0. The first kappa shape index (κ1) is 26.0. The molecule has 0 bridgehead atoms. The van der Waals surface area contributed by atoms with Crippen molar-refractivity contribution < 1.29 is 67.5 Å². The van der Waals surface area contributed by atoms with Crippen LogP contribution in [0, 0.1) is 0 Å². The van der Waals surface area contributed by atoms with Crippen LogP contribution in [0.5, 0.6) is 0 Å². The summed E-state index contributed by atoms with van der Waals surface area (Å²) in [5, 5.41) is 18.5. The Bertz CT molecular complexity index is 548. The van der Waals surface area contributed by atoms with Crippen molar-refractivity contribution in [1.29, 1.82) is 0 Å². The van der Waals surface area contributed by atoms with E-state index in [4.69, 9.17) is 14.0 Å². The fourth-order valence-electron chi connectivity index (χ4n) is 2.81. The normalized spacial score (nSPS) is 31.9. The van der Waals surface area contributed by atoms with Crippen molar-refractivity contribution in [3.05, 3.63) is 0 Å². The Labute approximate surface area is 160 Å². The van der Waals surface area contributed by atoms with Crippen LogP contribution in [-0.4, -0.2) is 79.9 Å². The first-order valence-corrected chi connectivity index (χ1v) is 11.4. The number of hydrogen-bond acceptors (Lipinski definition) is 10. The van der Waals surface area contributed by atoms with Crippen molar-refractivity contribution in [3.8, 4) is 0 Å². The molecule has 1 rings (SSSR count). The molecule has 6 N–H and O–H groups in total. The van der Waals surface area contributed by atoms with E-state index in [0.29, 0.717) is 12.8 Å². The fourth-order valence-corrected chi connectivity index (χ4v) is 3.92. The largest absolute Gasteiger partial charge is 0.470 e. The molecule has 0 saturated heterocycles. The molecular weight excluding hydrogens is 430 g/mol. The second-order valence-corrected chi connectivity index (χ2v) is 8.32. The van der Waals surface area contributed by atoms with E-state index in [9.17, 15) is 39.2 Å². The summed E-state index contributed by atoms with van der Waals surface area (Å²) in [4.78, 5) is 45.3. The SMILES string of the molecule is CCCOC1C(OP(=O)(O)O)[C@H](OO)C(OO)[C@H](OCCC)[C@@H]1OP(=O)(O)O. The van der Waals surface area contributed by atoms with Crippen LogP contribution in [0.25, 0.3) is 0 Å². The molecule has 14 nitrogen and oxygen atoms in total. The van der Waals surface area contributed by atoms with E-state index in [0.717, 1.165) is 0 Å². The zero-order valence-corrected chi connectivity index (χ0v) is 16.9. The Morgan fingerprint density at radius 1 is 0.643 bits per heavy atom. The molecule has 168 valence electrons. The molecule has 3 unspecified atom stereocenters. The van der Waals surface area contributed by atoms with Crippen LogP contribution in [0.2, 0.25) is 0 Å². The van der Waals surface area contributed by atoms with E-state index >= 15 is 0 Å². The van der Waals surface area contributed by atoms with Crippen molar-refractivity contribution in [2.24, 2.45) is 0 Å². The third kappa shape index (κ3) is 7.67. The van der Waals surface area contributed by atoms with Gasteiger partial charge in [0.15, 0.2) is 12.2 Å². The molecule has 0 spiro atoms. The second-order valence-electron chi connectivity index (χ2n) is 5.93. The van der Waals surface area contributed by atoms with Gasteiger partial charge in [0.1, 0.15) is 24.4 Å². The molecule has 16 heteroatoms. The minimum absolute atomic E-state index is 0.0220. The molecule has 6 atom stereocenters. The summed E-state index contributed by atoms with van der Waals surface area (Å²) in [6.07, 6.45) is -9.22. The van der Waals surface area contributed by atoms with Crippen molar-refractivity contribution in [1.82, 2.24) is 0 Å². The van der Waals surface area contributed by atoms with E-state index in [1.165, 1.54) is 0 Å². The summed E-state index contributed by atoms with van der Waals surface area (Å²) in [6, 6.07) is 0. The fraction of sp³-hybridized carbons (Fsp3) is 1.00. The van der Waals surface area contributed by atoms with Gasteiger partial charge in [0.05, 0.1) is 0 Å². The summed E-state index contributed by atoms with van der Waals surface area (Å²) in [7, 11) is -10.4. The molecule has 0 radical (unpaired) electrons. The van der Waals surface area contributed by atoms with E-state index in [2.05, 4.69) is 14.3 Å². The zero-order chi connectivity index (χ0) is 21.5. The number of rotatable bonds is 12. The number of ether oxygens (including phenoxy) is 2. The van der Waals surface area contributed by atoms with Crippen LogP contribution in [-0.2, 0) is 37.4 Å². The first-order valence-electron chi connectivity index (χ1n) is 8.30.